The van der Waals surface area contributed by atoms with Crippen LogP contribution in [0.15, 0.2) is 83.8 Å². The van der Waals surface area contributed by atoms with Gasteiger partial charge >= 0.3 is 0 Å². The quantitative estimate of drug-likeness (QED) is 0.326. The third-order valence-electron chi connectivity index (χ3n) is 4.70. The Morgan fingerprint density at radius 3 is 2.30 bits per heavy atom. The Morgan fingerprint density at radius 2 is 1.64 bits per heavy atom. The third-order valence-corrected chi connectivity index (χ3v) is 5.81. The van der Waals surface area contributed by atoms with Crippen molar-refractivity contribution in [2.45, 2.75) is 17.1 Å². The summed E-state index contributed by atoms with van der Waals surface area (Å²) in [6.45, 7) is 1.83. The lowest BCUT2D eigenvalue weighted by Gasteiger charge is -2.15. The number of methoxy groups -OCH3 is 2. The van der Waals surface area contributed by atoms with Crippen molar-refractivity contribution in [2.75, 3.05) is 24.9 Å². The molecule has 0 saturated carbocycles. The van der Waals surface area contributed by atoms with Gasteiger partial charge in [0, 0.05) is 22.7 Å². The van der Waals surface area contributed by atoms with Crippen molar-refractivity contribution in [1.82, 2.24) is 0 Å². The van der Waals surface area contributed by atoms with E-state index in [1.165, 1.54) is 17.8 Å². The van der Waals surface area contributed by atoms with Gasteiger partial charge in [0.1, 0.15) is 11.5 Å². The summed E-state index contributed by atoms with van der Waals surface area (Å²) in [5.74, 6) is 0.819. The first-order valence-electron chi connectivity index (χ1n) is 10.3. The first kappa shape index (κ1) is 23.9. The number of carbonyl (C=O) groups excluding carboxylic acids is 2. The molecule has 0 saturated heterocycles. The average Bonchev–Trinajstić information content (AvgIpc) is 2.84. The van der Waals surface area contributed by atoms with E-state index in [4.69, 9.17) is 9.47 Å². The normalized spacial score (nSPS) is 11.6. The molecule has 0 spiro atoms. The molecule has 0 aliphatic rings. The SMILES string of the molecule is COc1ccc(OC)c(NC(=O)C(C)Sc2ccc(NC(=O)/C=C/c3ccccc3)cc2)c1. The van der Waals surface area contributed by atoms with Gasteiger partial charge in [-0.25, -0.2) is 0 Å². The summed E-state index contributed by atoms with van der Waals surface area (Å²) in [4.78, 5) is 25.7. The van der Waals surface area contributed by atoms with Crippen molar-refractivity contribution >= 4 is 41.0 Å². The van der Waals surface area contributed by atoms with E-state index in [2.05, 4.69) is 10.6 Å². The van der Waals surface area contributed by atoms with Crippen LogP contribution in [0, 0.1) is 0 Å². The molecule has 2 amide bonds. The lowest BCUT2D eigenvalue weighted by Crippen LogP contribution is -2.22. The lowest BCUT2D eigenvalue weighted by molar-refractivity contribution is -0.115. The summed E-state index contributed by atoms with van der Waals surface area (Å²) in [5.41, 5.74) is 2.19. The molecule has 0 aliphatic carbocycles. The molecule has 3 aromatic rings. The second-order valence-corrected chi connectivity index (χ2v) is 8.49. The Morgan fingerprint density at radius 1 is 0.909 bits per heavy atom. The Bertz CT molecular complexity index is 1110. The molecule has 1 atom stereocenters. The highest BCUT2D eigenvalue weighted by molar-refractivity contribution is 8.00. The summed E-state index contributed by atoms with van der Waals surface area (Å²) >= 11 is 1.42. The molecule has 0 radical (unpaired) electrons. The highest BCUT2D eigenvalue weighted by atomic mass is 32.2. The van der Waals surface area contributed by atoms with E-state index in [0.717, 1.165) is 10.5 Å². The van der Waals surface area contributed by atoms with E-state index in [1.54, 1.807) is 38.5 Å². The number of hydrogen-bond donors (Lipinski definition) is 2. The van der Waals surface area contributed by atoms with Gasteiger partial charge < -0.3 is 20.1 Å². The second-order valence-electron chi connectivity index (χ2n) is 7.07. The van der Waals surface area contributed by atoms with Crippen LogP contribution in [-0.2, 0) is 9.59 Å². The van der Waals surface area contributed by atoms with Gasteiger partial charge in [-0.1, -0.05) is 30.3 Å². The topological polar surface area (TPSA) is 76.7 Å². The van der Waals surface area contributed by atoms with Crippen molar-refractivity contribution in [3.8, 4) is 11.5 Å². The van der Waals surface area contributed by atoms with Gasteiger partial charge in [-0.3, -0.25) is 9.59 Å². The fraction of sp³-hybridized carbons (Fsp3) is 0.154. The lowest BCUT2D eigenvalue weighted by atomic mass is 10.2. The molecule has 1 unspecified atom stereocenters. The molecule has 170 valence electrons. The molecule has 0 aliphatic heterocycles. The van der Waals surface area contributed by atoms with Crippen molar-refractivity contribution in [3.05, 3.63) is 84.4 Å². The maximum atomic E-state index is 12.7. The fourth-order valence-corrected chi connectivity index (χ4v) is 3.81. The van der Waals surface area contributed by atoms with Gasteiger partial charge in [-0.15, -0.1) is 11.8 Å². The van der Waals surface area contributed by atoms with Crippen molar-refractivity contribution in [2.24, 2.45) is 0 Å². The number of carbonyl (C=O) groups is 2. The van der Waals surface area contributed by atoms with E-state index < -0.39 is 0 Å². The van der Waals surface area contributed by atoms with Crippen LogP contribution in [0.3, 0.4) is 0 Å². The Balaban J connectivity index is 1.55. The van der Waals surface area contributed by atoms with Crippen LogP contribution in [0.5, 0.6) is 11.5 Å². The van der Waals surface area contributed by atoms with Crippen LogP contribution in [0.25, 0.3) is 6.08 Å². The minimum atomic E-state index is -0.352. The molecule has 3 rings (SSSR count). The summed E-state index contributed by atoms with van der Waals surface area (Å²) in [6, 6.07) is 22.2. The monoisotopic (exact) mass is 462 g/mol. The van der Waals surface area contributed by atoms with Crippen LogP contribution in [0.2, 0.25) is 0 Å². The number of amides is 2. The number of thioether (sulfide) groups is 1. The van der Waals surface area contributed by atoms with Crippen molar-refractivity contribution in [1.29, 1.82) is 0 Å². The van der Waals surface area contributed by atoms with Crippen LogP contribution in [0.4, 0.5) is 11.4 Å². The smallest absolute Gasteiger partial charge is 0.248 e. The Labute approximate surface area is 198 Å². The fourth-order valence-electron chi connectivity index (χ4n) is 2.94. The zero-order valence-corrected chi connectivity index (χ0v) is 19.5. The number of benzene rings is 3. The Kier molecular flexibility index (Phi) is 8.55. The molecule has 3 aromatic carbocycles. The molecule has 7 heteroatoms. The highest BCUT2D eigenvalue weighted by Crippen LogP contribution is 2.31. The summed E-state index contributed by atoms with van der Waals surface area (Å²) in [6.07, 6.45) is 3.26. The van der Waals surface area contributed by atoms with Crippen LogP contribution >= 0.6 is 11.8 Å². The second kappa shape index (κ2) is 11.8. The van der Waals surface area contributed by atoms with Gasteiger partial charge in [-0.05, 0) is 55.0 Å². The molecule has 0 aromatic heterocycles. The molecule has 33 heavy (non-hydrogen) atoms. The first-order chi connectivity index (χ1) is 16.0. The standard InChI is InChI=1S/C26H26N2O4S/c1-18(26(30)28-23-17-21(31-2)12-15-24(23)32-3)33-22-13-10-20(11-14-22)27-25(29)16-9-19-7-5-4-6-8-19/h4-18H,1-3H3,(H,27,29)(H,28,30)/b16-9+. The van der Waals surface area contributed by atoms with E-state index in [1.807, 2.05) is 61.5 Å². The number of nitrogens with one attached hydrogen (secondary N) is 2. The largest absolute Gasteiger partial charge is 0.497 e. The number of ether oxygens (including phenoxy) is 2. The van der Waals surface area contributed by atoms with Gasteiger partial charge in [0.2, 0.25) is 11.8 Å². The van der Waals surface area contributed by atoms with Gasteiger partial charge in [-0.2, -0.15) is 0 Å². The van der Waals surface area contributed by atoms with Gasteiger partial charge in [0.15, 0.2) is 0 Å². The molecule has 0 fully saturated rings. The van der Waals surface area contributed by atoms with Gasteiger partial charge in [0.05, 0.1) is 25.2 Å². The minimum Gasteiger partial charge on any atom is -0.497 e. The van der Waals surface area contributed by atoms with E-state index in [9.17, 15) is 9.59 Å². The van der Waals surface area contributed by atoms with Crippen molar-refractivity contribution in [3.63, 3.8) is 0 Å². The van der Waals surface area contributed by atoms with E-state index in [0.29, 0.717) is 22.9 Å². The number of anilines is 2. The summed E-state index contributed by atoms with van der Waals surface area (Å²) in [7, 11) is 3.12. The molecular weight excluding hydrogens is 436 g/mol. The van der Waals surface area contributed by atoms with Crippen LogP contribution in [-0.4, -0.2) is 31.3 Å². The molecular formula is C26H26N2O4S. The molecule has 6 nitrogen and oxygen atoms in total. The zero-order chi connectivity index (χ0) is 23.6. The predicted molar refractivity (Wildman–Crippen MR) is 134 cm³/mol. The van der Waals surface area contributed by atoms with E-state index in [-0.39, 0.29) is 17.1 Å². The molecule has 0 bridgehead atoms. The Hall–Kier alpha value is -3.71. The molecule has 2 N–H and O–H groups in total. The first-order valence-corrected chi connectivity index (χ1v) is 11.2. The van der Waals surface area contributed by atoms with Crippen LogP contribution < -0.4 is 20.1 Å². The number of hydrogen-bond acceptors (Lipinski definition) is 5. The average molecular weight is 463 g/mol. The minimum absolute atomic E-state index is 0.157. The summed E-state index contributed by atoms with van der Waals surface area (Å²) < 4.78 is 10.5. The third kappa shape index (κ3) is 7.15. The van der Waals surface area contributed by atoms with Crippen molar-refractivity contribution < 1.29 is 19.1 Å². The summed E-state index contributed by atoms with van der Waals surface area (Å²) in [5, 5.41) is 5.37. The maximum Gasteiger partial charge on any atom is 0.248 e. The van der Waals surface area contributed by atoms with E-state index >= 15 is 0 Å². The zero-order valence-electron chi connectivity index (χ0n) is 18.7. The predicted octanol–water partition coefficient (Wildman–Crippen LogP) is 5.48. The van der Waals surface area contributed by atoms with Crippen LogP contribution in [0.1, 0.15) is 12.5 Å². The maximum absolute atomic E-state index is 12.7. The van der Waals surface area contributed by atoms with Gasteiger partial charge in [0.25, 0.3) is 0 Å². The highest BCUT2D eigenvalue weighted by Gasteiger charge is 2.17. The number of rotatable bonds is 9. The molecule has 0 heterocycles.